The van der Waals surface area contributed by atoms with E-state index >= 15 is 0 Å². The number of hydrogen-bond acceptors (Lipinski definition) is 4. The van der Waals surface area contributed by atoms with Crippen LogP contribution in [0.3, 0.4) is 0 Å². The molecule has 1 aliphatic heterocycles. The first-order valence-electron chi connectivity index (χ1n) is 4.90. The number of aliphatic imine (C=N–C) groups is 1. The van der Waals surface area contributed by atoms with Gasteiger partial charge in [-0.05, 0) is 18.2 Å². The van der Waals surface area contributed by atoms with Crippen molar-refractivity contribution in [3.63, 3.8) is 0 Å². The van der Waals surface area contributed by atoms with Crippen molar-refractivity contribution in [2.75, 3.05) is 18.4 Å². The molecule has 0 radical (unpaired) electrons. The van der Waals surface area contributed by atoms with Gasteiger partial charge in [-0.25, -0.2) is 0 Å². The molecule has 15 heavy (non-hydrogen) atoms. The van der Waals surface area contributed by atoms with Gasteiger partial charge in [0.2, 0.25) is 0 Å². The van der Waals surface area contributed by atoms with E-state index in [1.54, 1.807) is 0 Å². The minimum atomic E-state index is 0.842. The van der Waals surface area contributed by atoms with E-state index in [1.807, 2.05) is 24.4 Å². The van der Waals surface area contributed by atoms with Gasteiger partial charge < -0.3 is 10.6 Å². The van der Waals surface area contributed by atoms with E-state index in [9.17, 15) is 0 Å². The molecule has 0 saturated heterocycles. The zero-order chi connectivity index (χ0) is 10.1. The number of aromatic amines is 1. The number of nitrogens with one attached hydrogen (secondary N) is 3. The first-order chi connectivity index (χ1) is 7.42. The van der Waals surface area contributed by atoms with Crippen molar-refractivity contribution in [3.05, 3.63) is 24.4 Å². The normalized spacial score (nSPS) is 15.1. The summed E-state index contributed by atoms with van der Waals surface area (Å²) in [6.45, 7) is 1.75. The summed E-state index contributed by atoms with van der Waals surface area (Å²) >= 11 is 0. The first kappa shape index (κ1) is 8.28. The summed E-state index contributed by atoms with van der Waals surface area (Å²) in [5, 5.41) is 14.4. The monoisotopic (exact) mass is 201 g/mol. The second-order valence-corrected chi connectivity index (χ2v) is 3.45. The average molecular weight is 201 g/mol. The van der Waals surface area contributed by atoms with Crippen LogP contribution in [-0.4, -0.2) is 29.2 Å². The Kier molecular flexibility index (Phi) is 1.81. The van der Waals surface area contributed by atoms with E-state index in [4.69, 9.17) is 0 Å². The van der Waals surface area contributed by atoms with Crippen LogP contribution in [0.2, 0.25) is 0 Å². The number of hydrogen-bond donors (Lipinski definition) is 3. The molecule has 3 N–H and O–H groups in total. The van der Waals surface area contributed by atoms with Gasteiger partial charge in [0.25, 0.3) is 0 Å². The predicted molar refractivity (Wildman–Crippen MR) is 60.0 cm³/mol. The lowest BCUT2D eigenvalue weighted by atomic mass is 10.2. The van der Waals surface area contributed by atoms with Gasteiger partial charge in [-0.3, -0.25) is 10.1 Å². The van der Waals surface area contributed by atoms with E-state index in [1.165, 1.54) is 0 Å². The molecule has 0 atom stereocenters. The fraction of sp³-hybridized carbons (Fsp3) is 0.200. The lowest BCUT2D eigenvalue weighted by Gasteiger charge is -2.05. The van der Waals surface area contributed by atoms with Gasteiger partial charge in [0.15, 0.2) is 5.96 Å². The highest BCUT2D eigenvalue weighted by Gasteiger charge is 2.05. The number of rotatable bonds is 1. The molecule has 3 rings (SSSR count). The highest BCUT2D eigenvalue weighted by molar-refractivity contribution is 5.96. The Morgan fingerprint density at radius 2 is 2.33 bits per heavy atom. The standard InChI is InChI=1S/C10H11N5/c1-2-8(14-10-11-3-4-12-10)5-9-7(1)6-13-15-9/h1-2,5-6H,3-4H2,(H,13,15)(H2,11,12,14). The van der Waals surface area contributed by atoms with Crippen LogP contribution in [0.15, 0.2) is 29.4 Å². The summed E-state index contributed by atoms with van der Waals surface area (Å²) < 4.78 is 0. The van der Waals surface area contributed by atoms with E-state index in [0.717, 1.165) is 35.6 Å². The zero-order valence-corrected chi connectivity index (χ0v) is 8.12. The molecule has 2 heterocycles. The third-order valence-corrected chi connectivity index (χ3v) is 2.38. The molecule has 1 aromatic heterocycles. The predicted octanol–water partition coefficient (Wildman–Crippen LogP) is 0.934. The molecule has 0 aliphatic carbocycles. The molecular formula is C10H11N5. The van der Waals surface area contributed by atoms with Crippen molar-refractivity contribution in [1.82, 2.24) is 15.5 Å². The number of fused-ring (bicyclic) bond motifs is 1. The quantitative estimate of drug-likeness (QED) is 0.643. The molecule has 1 aromatic carbocycles. The maximum absolute atomic E-state index is 4.27. The second-order valence-electron chi connectivity index (χ2n) is 3.45. The molecule has 76 valence electrons. The third-order valence-electron chi connectivity index (χ3n) is 2.38. The van der Waals surface area contributed by atoms with Gasteiger partial charge in [0, 0.05) is 17.6 Å². The Morgan fingerprint density at radius 3 is 3.20 bits per heavy atom. The van der Waals surface area contributed by atoms with Crippen molar-refractivity contribution in [3.8, 4) is 0 Å². The lowest BCUT2D eigenvalue weighted by Crippen LogP contribution is -2.26. The van der Waals surface area contributed by atoms with Gasteiger partial charge in [-0.15, -0.1) is 0 Å². The summed E-state index contributed by atoms with van der Waals surface area (Å²) in [4.78, 5) is 4.27. The van der Waals surface area contributed by atoms with Crippen LogP contribution < -0.4 is 10.6 Å². The van der Waals surface area contributed by atoms with Crippen molar-refractivity contribution < 1.29 is 0 Å². The van der Waals surface area contributed by atoms with Crippen molar-refractivity contribution in [1.29, 1.82) is 0 Å². The number of H-pyrrole nitrogens is 1. The average Bonchev–Trinajstić information content (AvgIpc) is 2.87. The maximum atomic E-state index is 4.27. The molecule has 0 spiro atoms. The fourth-order valence-electron chi connectivity index (χ4n) is 1.63. The van der Waals surface area contributed by atoms with Gasteiger partial charge in [0.1, 0.15) is 0 Å². The third kappa shape index (κ3) is 1.52. The number of benzene rings is 1. The molecule has 0 bridgehead atoms. The van der Waals surface area contributed by atoms with E-state index in [0.29, 0.717) is 0 Å². The highest BCUT2D eigenvalue weighted by Crippen LogP contribution is 2.16. The SMILES string of the molecule is c1cc2cn[nH]c2cc1NC1=NCCN1. The summed E-state index contributed by atoms with van der Waals surface area (Å²) in [6.07, 6.45) is 1.81. The van der Waals surface area contributed by atoms with E-state index in [-0.39, 0.29) is 0 Å². The topological polar surface area (TPSA) is 65.1 Å². The number of guanidine groups is 1. The van der Waals surface area contributed by atoms with Crippen molar-refractivity contribution >= 4 is 22.5 Å². The van der Waals surface area contributed by atoms with Crippen LogP contribution in [0.4, 0.5) is 5.69 Å². The molecular weight excluding hydrogens is 190 g/mol. The van der Waals surface area contributed by atoms with Crippen LogP contribution in [0.25, 0.3) is 10.9 Å². The number of aromatic nitrogens is 2. The minimum absolute atomic E-state index is 0.842. The molecule has 5 nitrogen and oxygen atoms in total. The van der Waals surface area contributed by atoms with Crippen LogP contribution in [0.5, 0.6) is 0 Å². The Hall–Kier alpha value is -2.04. The molecule has 0 saturated carbocycles. The number of anilines is 1. The maximum Gasteiger partial charge on any atom is 0.195 e. The Balaban J connectivity index is 1.90. The fourth-order valence-corrected chi connectivity index (χ4v) is 1.63. The smallest absolute Gasteiger partial charge is 0.195 e. The van der Waals surface area contributed by atoms with Gasteiger partial charge in [-0.2, -0.15) is 5.10 Å². The summed E-state index contributed by atoms with van der Waals surface area (Å²) in [6, 6.07) is 6.06. The van der Waals surface area contributed by atoms with Crippen LogP contribution in [0.1, 0.15) is 0 Å². The Bertz CT molecular complexity index is 513. The van der Waals surface area contributed by atoms with Gasteiger partial charge in [0.05, 0.1) is 18.3 Å². The Labute approximate surface area is 86.6 Å². The molecule has 0 fully saturated rings. The molecule has 1 aliphatic rings. The molecule has 0 amide bonds. The number of nitrogens with zero attached hydrogens (tertiary/aromatic N) is 2. The minimum Gasteiger partial charge on any atom is -0.354 e. The van der Waals surface area contributed by atoms with E-state index in [2.05, 4.69) is 25.8 Å². The van der Waals surface area contributed by atoms with Crippen molar-refractivity contribution in [2.45, 2.75) is 0 Å². The van der Waals surface area contributed by atoms with Crippen LogP contribution >= 0.6 is 0 Å². The van der Waals surface area contributed by atoms with Gasteiger partial charge in [-0.1, -0.05) is 0 Å². The lowest BCUT2D eigenvalue weighted by molar-refractivity contribution is 0.959. The Morgan fingerprint density at radius 1 is 1.33 bits per heavy atom. The van der Waals surface area contributed by atoms with Crippen LogP contribution in [-0.2, 0) is 0 Å². The molecule has 0 unspecified atom stereocenters. The van der Waals surface area contributed by atoms with Crippen LogP contribution in [0, 0.1) is 0 Å². The zero-order valence-electron chi connectivity index (χ0n) is 8.12. The summed E-state index contributed by atoms with van der Waals surface area (Å²) in [7, 11) is 0. The second kappa shape index (κ2) is 3.27. The first-order valence-corrected chi connectivity index (χ1v) is 4.90. The summed E-state index contributed by atoms with van der Waals surface area (Å²) in [5.41, 5.74) is 2.04. The van der Waals surface area contributed by atoms with E-state index < -0.39 is 0 Å². The molecule has 2 aromatic rings. The molecule has 5 heteroatoms. The largest absolute Gasteiger partial charge is 0.354 e. The summed E-state index contributed by atoms with van der Waals surface area (Å²) in [5.74, 6) is 0.842. The van der Waals surface area contributed by atoms with Crippen molar-refractivity contribution in [2.24, 2.45) is 4.99 Å². The van der Waals surface area contributed by atoms with Gasteiger partial charge >= 0.3 is 0 Å². The highest BCUT2D eigenvalue weighted by atomic mass is 15.2.